The van der Waals surface area contributed by atoms with Crippen LogP contribution in [0.15, 0.2) is 59.5 Å². The first-order chi connectivity index (χ1) is 13.0. The molecule has 1 N–H and O–H groups in total. The predicted molar refractivity (Wildman–Crippen MR) is 106 cm³/mol. The Labute approximate surface area is 161 Å². The van der Waals surface area contributed by atoms with Gasteiger partial charge in [0.2, 0.25) is 0 Å². The highest BCUT2D eigenvalue weighted by Gasteiger charge is 2.24. The molecule has 0 aromatic heterocycles. The van der Waals surface area contributed by atoms with Gasteiger partial charge in [0.15, 0.2) is 9.84 Å². The molecule has 1 aliphatic heterocycles. The highest BCUT2D eigenvalue weighted by molar-refractivity contribution is 7.91. The van der Waals surface area contributed by atoms with Gasteiger partial charge < -0.3 is 5.32 Å². The van der Waals surface area contributed by atoms with E-state index in [1.807, 2.05) is 18.2 Å². The lowest BCUT2D eigenvalue weighted by atomic mass is 10.0. The Balaban J connectivity index is 1.59. The van der Waals surface area contributed by atoms with Gasteiger partial charge in [0.05, 0.1) is 16.2 Å². The summed E-state index contributed by atoms with van der Waals surface area (Å²) < 4.78 is 24.5. The van der Waals surface area contributed by atoms with Gasteiger partial charge >= 0.3 is 0 Å². The van der Waals surface area contributed by atoms with Gasteiger partial charge in [-0.2, -0.15) is 0 Å². The van der Waals surface area contributed by atoms with Crippen molar-refractivity contribution in [2.24, 2.45) is 0 Å². The number of benzene rings is 2. The van der Waals surface area contributed by atoms with Crippen LogP contribution in [0.3, 0.4) is 0 Å². The number of likely N-dealkylation sites (tertiary alicyclic amines) is 1. The van der Waals surface area contributed by atoms with Gasteiger partial charge in [-0.05, 0) is 30.5 Å². The molecule has 27 heavy (non-hydrogen) atoms. The zero-order chi connectivity index (χ0) is 19.3. The fourth-order valence-corrected chi connectivity index (χ4v) is 4.51. The van der Waals surface area contributed by atoms with Crippen LogP contribution >= 0.6 is 0 Å². The third-order valence-electron chi connectivity index (χ3n) is 5.02. The van der Waals surface area contributed by atoms with Crippen molar-refractivity contribution in [3.63, 3.8) is 0 Å². The maximum atomic E-state index is 12.7. The smallest absolute Gasteiger partial charge is 0.252 e. The maximum absolute atomic E-state index is 12.7. The number of carbonyl (C=O) groups excluding carboxylic acids is 1. The molecular formula is C21H26N2O3S. The molecule has 1 heterocycles. The number of rotatable bonds is 6. The Morgan fingerprint density at radius 1 is 1.04 bits per heavy atom. The lowest BCUT2D eigenvalue weighted by Gasteiger charge is -2.32. The lowest BCUT2D eigenvalue weighted by molar-refractivity contribution is 0.0905. The first-order valence-electron chi connectivity index (χ1n) is 9.38. The maximum Gasteiger partial charge on any atom is 0.252 e. The number of hydrogen-bond acceptors (Lipinski definition) is 4. The van der Waals surface area contributed by atoms with E-state index in [0.29, 0.717) is 0 Å². The van der Waals surface area contributed by atoms with Gasteiger partial charge in [-0.1, -0.05) is 49.4 Å². The van der Waals surface area contributed by atoms with Crippen molar-refractivity contribution in [1.29, 1.82) is 0 Å². The molecule has 2 aromatic rings. The van der Waals surface area contributed by atoms with Crippen molar-refractivity contribution in [2.75, 3.05) is 18.8 Å². The molecule has 144 valence electrons. The molecule has 0 radical (unpaired) electrons. The van der Waals surface area contributed by atoms with E-state index < -0.39 is 9.84 Å². The van der Waals surface area contributed by atoms with E-state index in [1.165, 1.54) is 11.6 Å². The van der Waals surface area contributed by atoms with Crippen LogP contribution in [-0.2, 0) is 16.4 Å². The normalized spacial score (nSPS) is 16.2. The monoisotopic (exact) mass is 386 g/mol. The zero-order valence-corrected chi connectivity index (χ0v) is 16.4. The largest absolute Gasteiger partial charge is 0.349 e. The van der Waals surface area contributed by atoms with Gasteiger partial charge in [0, 0.05) is 25.7 Å². The standard InChI is InChI=1S/C21H26N2O3S/c1-2-27(25,26)20-11-7-6-10-19(20)21(24)22-18-12-14-23(15-13-18)16-17-8-4-3-5-9-17/h3-11,18H,2,12-16H2,1H3,(H,22,24). The van der Waals surface area contributed by atoms with E-state index in [0.717, 1.165) is 32.5 Å². The fraction of sp³-hybridized carbons (Fsp3) is 0.381. The molecule has 1 amide bonds. The number of amides is 1. The van der Waals surface area contributed by atoms with Crippen LogP contribution in [0.2, 0.25) is 0 Å². The summed E-state index contributed by atoms with van der Waals surface area (Å²) in [6.45, 7) is 4.33. The summed E-state index contributed by atoms with van der Waals surface area (Å²) in [5, 5.41) is 3.03. The van der Waals surface area contributed by atoms with E-state index in [-0.39, 0.29) is 28.2 Å². The van der Waals surface area contributed by atoms with E-state index >= 15 is 0 Å². The van der Waals surface area contributed by atoms with Crippen LogP contribution < -0.4 is 5.32 Å². The van der Waals surface area contributed by atoms with Crippen molar-refractivity contribution in [3.05, 3.63) is 65.7 Å². The summed E-state index contributed by atoms with van der Waals surface area (Å²) in [4.78, 5) is 15.2. The molecule has 5 nitrogen and oxygen atoms in total. The molecule has 6 heteroatoms. The molecule has 0 unspecified atom stereocenters. The van der Waals surface area contributed by atoms with E-state index in [2.05, 4.69) is 22.3 Å². The summed E-state index contributed by atoms with van der Waals surface area (Å²) in [7, 11) is -3.43. The van der Waals surface area contributed by atoms with Crippen LogP contribution in [0, 0.1) is 0 Å². The van der Waals surface area contributed by atoms with Gasteiger partial charge in [-0.15, -0.1) is 0 Å². The molecule has 1 fully saturated rings. The van der Waals surface area contributed by atoms with E-state index in [9.17, 15) is 13.2 Å². The molecule has 0 atom stereocenters. The second kappa shape index (κ2) is 8.67. The minimum atomic E-state index is -3.43. The molecule has 1 saturated heterocycles. The average molecular weight is 387 g/mol. The van der Waals surface area contributed by atoms with Crippen LogP contribution in [0.4, 0.5) is 0 Å². The number of nitrogens with one attached hydrogen (secondary N) is 1. The van der Waals surface area contributed by atoms with Crippen molar-refractivity contribution in [1.82, 2.24) is 10.2 Å². The highest BCUT2D eigenvalue weighted by Crippen LogP contribution is 2.19. The highest BCUT2D eigenvalue weighted by atomic mass is 32.2. The van der Waals surface area contributed by atoms with Crippen molar-refractivity contribution in [3.8, 4) is 0 Å². The Kier molecular flexibility index (Phi) is 6.29. The van der Waals surface area contributed by atoms with Crippen molar-refractivity contribution < 1.29 is 13.2 Å². The Hall–Kier alpha value is -2.18. The summed E-state index contributed by atoms with van der Waals surface area (Å²) in [5.41, 5.74) is 1.53. The second-order valence-corrected chi connectivity index (χ2v) is 9.16. The first kappa shape index (κ1) is 19.6. The minimum absolute atomic E-state index is 0.0187. The molecule has 1 aliphatic rings. The molecule has 0 saturated carbocycles. The molecule has 0 aliphatic carbocycles. The lowest BCUT2D eigenvalue weighted by Crippen LogP contribution is -2.44. The van der Waals surface area contributed by atoms with Gasteiger partial charge in [0.25, 0.3) is 5.91 Å². The van der Waals surface area contributed by atoms with Crippen LogP contribution in [0.25, 0.3) is 0 Å². The molecule has 2 aromatic carbocycles. The third-order valence-corrected chi connectivity index (χ3v) is 6.80. The Bertz CT molecular complexity index is 873. The zero-order valence-electron chi connectivity index (χ0n) is 15.6. The second-order valence-electron chi connectivity index (χ2n) is 6.91. The van der Waals surface area contributed by atoms with Crippen LogP contribution in [0.1, 0.15) is 35.7 Å². The average Bonchev–Trinajstić information content (AvgIpc) is 2.70. The fourth-order valence-electron chi connectivity index (χ4n) is 3.42. The SMILES string of the molecule is CCS(=O)(=O)c1ccccc1C(=O)NC1CCN(Cc2ccccc2)CC1. The summed E-state index contributed by atoms with van der Waals surface area (Å²) in [6, 6.07) is 16.9. The number of piperidine rings is 1. The quantitative estimate of drug-likeness (QED) is 0.829. The molecule has 0 bridgehead atoms. The third kappa shape index (κ3) is 4.96. The van der Waals surface area contributed by atoms with Crippen LogP contribution in [0.5, 0.6) is 0 Å². The number of sulfone groups is 1. The summed E-state index contributed by atoms with van der Waals surface area (Å²) in [6.07, 6.45) is 1.72. The van der Waals surface area contributed by atoms with Crippen LogP contribution in [-0.4, -0.2) is 44.1 Å². The minimum Gasteiger partial charge on any atom is -0.349 e. The van der Waals surface area contributed by atoms with Gasteiger partial charge in [-0.25, -0.2) is 8.42 Å². The van der Waals surface area contributed by atoms with Gasteiger partial charge in [-0.3, -0.25) is 9.69 Å². The van der Waals surface area contributed by atoms with Gasteiger partial charge in [0.1, 0.15) is 0 Å². The van der Waals surface area contributed by atoms with Crippen molar-refractivity contribution in [2.45, 2.75) is 37.2 Å². The summed E-state index contributed by atoms with van der Waals surface area (Å²) >= 11 is 0. The Morgan fingerprint density at radius 3 is 2.33 bits per heavy atom. The predicted octanol–water partition coefficient (Wildman–Crippen LogP) is 2.87. The molecular weight excluding hydrogens is 360 g/mol. The number of carbonyl (C=O) groups is 1. The molecule has 0 spiro atoms. The van der Waals surface area contributed by atoms with E-state index in [1.54, 1.807) is 25.1 Å². The Morgan fingerprint density at radius 2 is 1.67 bits per heavy atom. The summed E-state index contributed by atoms with van der Waals surface area (Å²) in [5.74, 6) is -0.320. The first-order valence-corrected chi connectivity index (χ1v) is 11.0. The topological polar surface area (TPSA) is 66.5 Å². The van der Waals surface area contributed by atoms with E-state index in [4.69, 9.17) is 0 Å². The number of nitrogens with zero attached hydrogens (tertiary/aromatic N) is 1. The van der Waals surface area contributed by atoms with Crippen molar-refractivity contribution >= 4 is 15.7 Å². The number of hydrogen-bond donors (Lipinski definition) is 1. The molecule has 3 rings (SSSR count).